The lowest BCUT2D eigenvalue weighted by Gasteiger charge is -2.19. The van der Waals surface area contributed by atoms with Crippen LogP contribution in [-0.2, 0) is 0 Å². The highest BCUT2D eigenvalue weighted by Crippen LogP contribution is 2.37. The molecule has 0 saturated carbocycles. The third-order valence-electron chi connectivity index (χ3n) is 2.65. The summed E-state index contributed by atoms with van der Waals surface area (Å²) >= 11 is 6.02. The normalized spacial score (nSPS) is 17.4. The fraction of sp³-hybridized carbons (Fsp3) is 0.462. The summed E-state index contributed by atoms with van der Waals surface area (Å²) in [6.45, 7) is 6.72. The first-order valence-corrected chi connectivity index (χ1v) is 5.87. The number of ketones is 1. The lowest BCUT2D eigenvalue weighted by Crippen LogP contribution is -2.26. The van der Waals surface area contributed by atoms with Crippen molar-refractivity contribution in [2.24, 2.45) is 5.41 Å². The van der Waals surface area contributed by atoms with Gasteiger partial charge in [-0.2, -0.15) is 0 Å². The average Bonchev–Trinajstić information content (AvgIpc) is 2.37. The molecule has 0 radical (unpaired) electrons. The number of carbonyl (C=O) groups excluding carboxylic acids is 1. The molecule has 0 fully saturated rings. The van der Waals surface area contributed by atoms with E-state index in [4.69, 9.17) is 21.1 Å². The summed E-state index contributed by atoms with van der Waals surface area (Å²) in [6.07, 6.45) is 0. The second-order valence-electron chi connectivity index (χ2n) is 5.08. The second-order valence-corrected chi connectivity index (χ2v) is 5.48. The predicted octanol–water partition coefficient (Wildman–Crippen LogP) is 3.34. The van der Waals surface area contributed by atoms with Gasteiger partial charge in [-0.15, -0.1) is 0 Å². The number of fused-ring (bicyclic) bond motifs is 1. The van der Waals surface area contributed by atoms with Crippen LogP contribution in [0.5, 0.6) is 11.5 Å². The van der Waals surface area contributed by atoms with E-state index in [0.29, 0.717) is 35.3 Å². The average molecular weight is 255 g/mol. The highest BCUT2D eigenvalue weighted by atomic mass is 35.5. The molecule has 0 spiro atoms. The van der Waals surface area contributed by atoms with Crippen molar-refractivity contribution < 1.29 is 14.3 Å². The van der Waals surface area contributed by atoms with Gasteiger partial charge < -0.3 is 9.47 Å². The van der Waals surface area contributed by atoms with Gasteiger partial charge in [-0.3, -0.25) is 4.79 Å². The van der Waals surface area contributed by atoms with Crippen molar-refractivity contribution in [2.45, 2.75) is 20.8 Å². The number of benzene rings is 1. The first kappa shape index (κ1) is 12.2. The highest BCUT2D eigenvalue weighted by Gasteiger charge is 2.26. The minimum Gasteiger partial charge on any atom is -0.489 e. The van der Waals surface area contributed by atoms with Gasteiger partial charge >= 0.3 is 0 Å². The van der Waals surface area contributed by atoms with Crippen LogP contribution < -0.4 is 9.47 Å². The summed E-state index contributed by atoms with van der Waals surface area (Å²) in [7, 11) is 0. The smallest absolute Gasteiger partial charge is 0.162 e. The summed E-state index contributed by atoms with van der Waals surface area (Å²) in [4.78, 5) is 11.4. The molecule has 1 aromatic rings. The van der Waals surface area contributed by atoms with E-state index in [1.54, 1.807) is 12.1 Å². The molecule has 0 atom stereocenters. The number of carbonyl (C=O) groups is 1. The van der Waals surface area contributed by atoms with E-state index in [9.17, 15) is 4.79 Å². The SMILES string of the molecule is CC(=O)c1cc2c(cc1Cl)OCC(C)(C)CO2. The van der Waals surface area contributed by atoms with Crippen LogP contribution in [0.4, 0.5) is 0 Å². The minimum atomic E-state index is -0.0788. The maximum atomic E-state index is 11.4. The second kappa shape index (κ2) is 4.22. The van der Waals surface area contributed by atoms with E-state index in [-0.39, 0.29) is 11.2 Å². The molecular weight excluding hydrogens is 240 g/mol. The van der Waals surface area contributed by atoms with Gasteiger partial charge in [0.1, 0.15) is 0 Å². The zero-order valence-corrected chi connectivity index (χ0v) is 10.9. The maximum Gasteiger partial charge on any atom is 0.162 e. The van der Waals surface area contributed by atoms with Crippen molar-refractivity contribution in [2.75, 3.05) is 13.2 Å². The van der Waals surface area contributed by atoms with Gasteiger partial charge in [0.25, 0.3) is 0 Å². The Kier molecular flexibility index (Phi) is 3.04. The minimum absolute atomic E-state index is 0.0537. The van der Waals surface area contributed by atoms with Crippen molar-refractivity contribution in [3.8, 4) is 11.5 Å². The van der Waals surface area contributed by atoms with Gasteiger partial charge in [-0.25, -0.2) is 0 Å². The van der Waals surface area contributed by atoms with Gasteiger partial charge in [0.05, 0.1) is 18.2 Å². The third kappa shape index (κ3) is 2.55. The zero-order chi connectivity index (χ0) is 12.6. The Morgan fingerprint density at radius 3 is 2.29 bits per heavy atom. The zero-order valence-electron chi connectivity index (χ0n) is 10.2. The highest BCUT2D eigenvalue weighted by molar-refractivity contribution is 6.34. The van der Waals surface area contributed by atoms with Crippen LogP contribution in [0.1, 0.15) is 31.1 Å². The van der Waals surface area contributed by atoms with E-state index in [1.165, 1.54) is 6.92 Å². The molecule has 3 nitrogen and oxygen atoms in total. The first-order chi connectivity index (χ1) is 7.89. The van der Waals surface area contributed by atoms with Crippen LogP contribution in [0.3, 0.4) is 0 Å². The Morgan fingerprint density at radius 2 is 1.76 bits per heavy atom. The molecule has 0 amide bonds. The van der Waals surface area contributed by atoms with Gasteiger partial charge in [0, 0.05) is 17.0 Å². The molecule has 1 aromatic carbocycles. The van der Waals surface area contributed by atoms with Gasteiger partial charge in [0.2, 0.25) is 0 Å². The van der Waals surface area contributed by atoms with E-state index in [2.05, 4.69) is 13.8 Å². The molecule has 4 heteroatoms. The van der Waals surface area contributed by atoms with Crippen molar-refractivity contribution >= 4 is 17.4 Å². The predicted molar refractivity (Wildman–Crippen MR) is 66.2 cm³/mol. The molecule has 0 aromatic heterocycles. The van der Waals surface area contributed by atoms with Crippen molar-refractivity contribution in [3.05, 3.63) is 22.7 Å². The standard InChI is InChI=1S/C13H15ClO3/c1-8(15)9-4-11-12(5-10(9)14)17-7-13(2,3)6-16-11/h4-5H,6-7H2,1-3H3. The van der Waals surface area contributed by atoms with Gasteiger partial charge in [0.15, 0.2) is 17.3 Å². The molecule has 0 aliphatic carbocycles. The summed E-state index contributed by atoms with van der Waals surface area (Å²) in [6, 6.07) is 3.30. The largest absolute Gasteiger partial charge is 0.489 e. The molecule has 2 rings (SSSR count). The van der Waals surface area contributed by atoms with Gasteiger partial charge in [-0.05, 0) is 13.0 Å². The monoisotopic (exact) mass is 254 g/mol. The Labute approximate surface area is 106 Å². The van der Waals surface area contributed by atoms with Crippen LogP contribution in [0.2, 0.25) is 5.02 Å². The Morgan fingerprint density at radius 1 is 1.24 bits per heavy atom. The van der Waals surface area contributed by atoms with Crippen molar-refractivity contribution in [1.82, 2.24) is 0 Å². The van der Waals surface area contributed by atoms with Crippen LogP contribution >= 0.6 is 11.6 Å². The van der Waals surface area contributed by atoms with E-state index >= 15 is 0 Å². The number of hydrogen-bond donors (Lipinski definition) is 0. The summed E-state index contributed by atoms with van der Waals surface area (Å²) < 4.78 is 11.3. The summed E-state index contributed by atoms with van der Waals surface area (Å²) in [5.41, 5.74) is 0.413. The van der Waals surface area contributed by atoms with Crippen LogP contribution in [0, 0.1) is 5.41 Å². The number of hydrogen-bond acceptors (Lipinski definition) is 3. The van der Waals surface area contributed by atoms with Crippen LogP contribution in [0.25, 0.3) is 0 Å². The number of halogens is 1. The first-order valence-electron chi connectivity index (χ1n) is 5.49. The van der Waals surface area contributed by atoms with E-state index < -0.39 is 0 Å². The summed E-state index contributed by atoms with van der Waals surface area (Å²) in [5, 5.41) is 0.402. The maximum absolute atomic E-state index is 11.4. The van der Waals surface area contributed by atoms with Gasteiger partial charge in [-0.1, -0.05) is 25.4 Å². The molecule has 0 saturated heterocycles. The number of rotatable bonds is 1. The lowest BCUT2D eigenvalue weighted by atomic mass is 9.97. The Bertz CT molecular complexity index is 466. The van der Waals surface area contributed by atoms with E-state index in [1.807, 2.05) is 0 Å². The number of ether oxygens (including phenoxy) is 2. The van der Waals surface area contributed by atoms with E-state index in [0.717, 1.165) is 0 Å². The topological polar surface area (TPSA) is 35.5 Å². The van der Waals surface area contributed by atoms with Crippen LogP contribution in [0.15, 0.2) is 12.1 Å². The molecule has 17 heavy (non-hydrogen) atoms. The lowest BCUT2D eigenvalue weighted by molar-refractivity contribution is 0.101. The molecular formula is C13H15ClO3. The summed E-state index contributed by atoms with van der Waals surface area (Å²) in [5.74, 6) is 1.11. The third-order valence-corrected chi connectivity index (χ3v) is 2.96. The molecule has 0 unspecified atom stereocenters. The van der Waals surface area contributed by atoms with Crippen molar-refractivity contribution in [1.29, 1.82) is 0 Å². The fourth-order valence-electron chi connectivity index (χ4n) is 1.62. The molecule has 0 bridgehead atoms. The Balaban J connectivity index is 2.41. The molecule has 1 heterocycles. The molecule has 92 valence electrons. The van der Waals surface area contributed by atoms with Crippen molar-refractivity contribution in [3.63, 3.8) is 0 Å². The molecule has 0 N–H and O–H groups in total. The fourth-order valence-corrected chi connectivity index (χ4v) is 1.91. The molecule has 1 aliphatic heterocycles. The molecule has 1 aliphatic rings. The van der Waals surface area contributed by atoms with Crippen LogP contribution in [-0.4, -0.2) is 19.0 Å². The Hall–Kier alpha value is -1.22. The number of Topliss-reactive ketones (excluding diaryl/α,β-unsaturated/α-hetero) is 1. The quantitative estimate of drug-likeness (QED) is 0.721.